The van der Waals surface area contributed by atoms with Crippen molar-refractivity contribution in [1.29, 1.82) is 0 Å². The van der Waals surface area contributed by atoms with Crippen LogP contribution in [0, 0.1) is 6.92 Å². The van der Waals surface area contributed by atoms with Crippen LogP contribution in [0.1, 0.15) is 5.69 Å². The van der Waals surface area contributed by atoms with Gasteiger partial charge in [-0.2, -0.15) is 9.40 Å². The molecular formula is C19H21ClN6O3S. The van der Waals surface area contributed by atoms with Crippen molar-refractivity contribution in [3.8, 4) is 11.6 Å². The number of sulfonamides is 1. The molecule has 4 rings (SSSR count). The third-order valence-electron chi connectivity index (χ3n) is 4.90. The SMILES string of the molecule is COc1ccc(Cl)cc1S(=O)(=O)N1CCN(c2ccc(-n3ccc(C)n3)nn2)CC1. The number of rotatable bonds is 5. The van der Waals surface area contributed by atoms with E-state index in [1.165, 1.54) is 17.5 Å². The summed E-state index contributed by atoms with van der Waals surface area (Å²) in [5, 5.41) is 13.2. The van der Waals surface area contributed by atoms with Crippen LogP contribution in [0.2, 0.25) is 5.02 Å². The number of aryl methyl sites for hydroxylation is 1. The van der Waals surface area contributed by atoms with E-state index in [2.05, 4.69) is 15.3 Å². The van der Waals surface area contributed by atoms with Gasteiger partial charge in [0.1, 0.15) is 10.6 Å². The summed E-state index contributed by atoms with van der Waals surface area (Å²) >= 11 is 6.01. The Morgan fingerprint density at radius 3 is 2.30 bits per heavy atom. The van der Waals surface area contributed by atoms with Gasteiger partial charge in [0, 0.05) is 37.4 Å². The zero-order valence-electron chi connectivity index (χ0n) is 16.6. The molecular weight excluding hydrogens is 428 g/mol. The lowest BCUT2D eigenvalue weighted by molar-refractivity contribution is 0.373. The zero-order chi connectivity index (χ0) is 21.3. The predicted molar refractivity (Wildman–Crippen MR) is 113 cm³/mol. The summed E-state index contributed by atoms with van der Waals surface area (Å²) in [6, 6.07) is 10.2. The summed E-state index contributed by atoms with van der Waals surface area (Å²) in [5.41, 5.74) is 0.898. The molecule has 0 amide bonds. The van der Waals surface area contributed by atoms with Crippen molar-refractivity contribution in [2.45, 2.75) is 11.8 Å². The lowest BCUT2D eigenvalue weighted by Crippen LogP contribution is -2.49. The molecule has 9 nitrogen and oxygen atoms in total. The number of aromatic nitrogens is 4. The lowest BCUT2D eigenvalue weighted by atomic mass is 10.3. The van der Waals surface area contributed by atoms with Gasteiger partial charge in [0.05, 0.1) is 12.8 Å². The minimum absolute atomic E-state index is 0.0737. The Balaban J connectivity index is 1.47. The van der Waals surface area contributed by atoms with Crippen LogP contribution < -0.4 is 9.64 Å². The van der Waals surface area contributed by atoms with Gasteiger partial charge in [0.2, 0.25) is 10.0 Å². The van der Waals surface area contributed by atoms with Crippen LogP contribution in [0.5, 0.6) is 5.75 Å². The van der Waals surface area contributed by atoms with Crippen LogP contribution >= 0.6 is 11.6 Å². The first-order valence-electron chi connectivity index (χ1n) is 9.33. The molecule has 1 aliphatic heterocycles. The van der Waals surface area contributed by atoms with Crippen molar-refractivity contribution < 1.29 is 13.2 Å². The molecule has 0 bridgehead atoms. The summed E-state index contributed by atoms with van der Waals surface area (Å²) in [7, 11) is -2.29. The molecule has 0 aliphatic carbocycles. The van der Waals surface area contributed by atoms with Crippen LogP contribution in [0.15, 0.2) is 47.5 Å². The van der Waals surface area contributed by atoms with Crippen molar-refractivity contribution in [3.63, 3.8) is 0 Å². The first-order chi connectivity index (χ1) is 14.4. The summed E-state index contributed by atoms with van der Waals surface area (Å²) in [6.45, 7) is 3.54. The fourth-order valence-corrected chi connectivity index (χ4v) is 5.14. The second-order valence-corrected chi connectivity index (χ2v) is 9.18. The highest BCUT2D eigenvalue weighted by Gasteiger charge is 2.31. The van der Waals surface area contributed by atoms with E-state index < -0.39 is 10.0 Å². The number of benzene rings is 1. The van der Waals surface area contributed by atoms with Crippen molar-refractivity contribution in [2.24, 2.45) is 0 Å². The molecule has 30 heavy (non-hydrogen) atoms. The Morgan fingerprint density at radius 2 is 1.70 bits per heavy atom. The van der Waals surface area contributed by atoms with Gasteiger partial charge in [0.25, 0.3) is 0 Å². The first kappa shape index (κ1) is 20.6. The van der Waals surface area contributed by atoms with Crippen molar-refractivity contribution in [3.05, 3.63) is 53.3 Å². The predicted octanol–water partition coefficient (Wildman–Crippen LogP) is 2.14. The Morgan fingerprint density at radius 1 is 1.00 bits per heavy atom. The van der Waals surface area contributed by atoms with Crippen LogP contribution in [-0.2, 0) is 10.0 Å². The number of ether oxygens (including phenoxy) is 1. The monoisotopic (exact) mass is 448 g/mol. The topological polar surface area (TPSA) is 93.5 Å². The average Bonchev–Trinajstić information content (AvgIpc) is 3.20. The van der Waals surface area contributed by atoms with E-state index in [4.69, 9.17) is 16.3 Å². The number of halogens is 1. The van der Waals surface area contributed by atoms with Gasteiger partial charge in [-0.3, -0.25) is 0 Å². The van der Waals surface area contributed by atoms with Gasteiger partial charge in [-0.15, -0.1) is 10.2 Å². The van der Waals surface area contributed by atoms with E-state index in [0.29, 0.717) is 42.8 Å². The minimum Gasteiger partial charge on any atom is -0.495 e. The van der Waals surface area contributed by atoms with E-state index in [1.807, 2.05) is 36.2 Å². The Bertz CT molecular complexity index is 1140. The van der Waals surface area contributed by atoms with Crippen LogP contribution in [0.25, 0.3) is 5.82 Å². The molecule has 0 atom stereocenters. The number of piperazine rings is 1. The quantitative estimate of drug-likeness (QED) is 0.590. The molecule has 1 saturated heterocycles. The van der Waals surface area contributed by atoms with E-state index in [0.717, 1.165) is 5.69 Å². The van der Waals surface area contributed by atoms with E-state index in [-0.39, 0.29) is 10.6 Å². The fraction of sp³-hybridized carbons (Fsp3) is 0.316. The second kappa shape index (κ2) is 8.21. The van der Waals surface area contributed by atoms with Gasteiger partial charge in [-0.05, 0) is 43.3 Å². The number of anilines is 1. The summed E-state index contributed by atoms with van der Waals surface area (Å²) in [6.07, 6.45) is 1.83. The van der Waals surface area contributed by atoms with Gasteiger partial charge in [-0.25, -0.2) is 13.1 Å². The third-order valence-corrected chi connectivity index (χ3v) is 7.05. The molecule has 0 spiro atoms. The first-order valence-corrected chi connectivity index (χ1v) is 11.2. The molecule has 1 aromatic carbocycles. The highest BCUT2D eigenvalue weighted by atomic mass is 35.5. The standard InChI is InChI=1S/C19H21ClN6O3S/c1-14-7-8-26(23-14)19-6-5-18(21-22-19)24-9-11-25(12-10-24)30(27,28)17-13-15(20)3-4-16(17)29-2/h3-8,13H,9-12H2,1-2H3. The molecule has 0 unspecified atom stereocenters. The molecule has 1 fully saturated rings. The number of nitrogens with zero attached hydrogens (tertiary/aromatic N) is 6. The maximum Gasteiger partial charge on any atom is 0.246 e. The lowest BCUT2D eigenvalue weighted by Gasteiger charge is -2.34. The van der Waals surface area contributed by atoms with E-state index in [1.54, 1.807) is 16.8 Å². The largest absolute Gasteiger partial charge is 0.495 e. The van der Waals surface area contributed by atoms with Crippen LogP contribution in [0.3, 0.4) is 0 Å². The highest BCUT2D eigenvalue weighted by molar-refractivity contribution is 7.89. The molecule has 0 saturated carbocycles. The molecule has 0 N–H and O–H groups in total. The average molecular weight is 449 g/mol. The maximum atomic E-state index is 13.1. The highest BCUT2D eigenvalue weighted by Crippen LogP contribution is 2.30. The van der Waals surface area contributed by atoms with Crippen molar-refractivity contribution in [1.82, 2.24) is 24.3 Å². The molecule has 0 radical (unpaired) electrons. The maximum absolute atomic E-state index is 13.1. The minimum atomic E-state index is -3.72. The zero-order valence-corrected chi connectivity index (χ0v) is 18.1. The Labute approximate surface area is 179 Å². The normalized spacial score (nSPS) is 15.4. The molecule has 158 valence electrons. The molecule has 3 heterocycles. The number of hydrogen-bond acceptors (Lipinski definition) is 7. The van der Waals surface area contributed by atoms with Crippen molar-refractivity contribution >= 4 is 27.4 Å². The Kier molecular flexibility index (Phi) is 5.63. The third kappa shape index (κ3) is 3.98. The van der Waals surface area contributed by atoms with E-state index in [9.17, 15) is 8.42 Å². The van der Waals surface area contributed by atoms with Crippen molar-refractivity contribution in [2.75, 3.05) is 38.2 Å². The summed E-state index contributed by atoms with van der Waals surface area (Å²) < 4.78 is 34.5. The summed E-state index contributed by atoms with van der Waals surface area (Å²) in [4.78, 5) is 2.08. The van der Waals surface area contributed by atoms with Gasteiger partial charge < -0.3 is 9.64 Å². The molecule has 3 aromatic rings. The van der Waals surface area contributed by atoms with Gasteiger partial charge >= 0.3 is 0 Å². The number of methoxy groups -OCH3 is 1. The molecule has 1 aliphatic rings. The molecule has 2 aromatic heterocycles. The summed E-state index contributed by atoms with van der Waals surface area (Å²) in [5.74, 6) is 1.60. The van der Waals surface area contributed by atoms with E-state index >= 15 is 0 Å². The second-order valence-electron chi connectivity index (χ2n) is 6.84. The fourth-order valence-electron chi connectivity index (χ4n) is 3.30. The number of hydrogen-bond donors (Lipinski definition) is 0. The van der Waals surface area contributed by atoms with Gasteiger partial charge in [-0.1, -0.05) is 11.6 Å². The molecule has 11 heteroatoms. The van der Waals surface area contributed by atoms with Gasteiger partial charge in [0.15, 0.2) is 11.6 Å². The smallest absolute Gasteiger partial charge is 0.246 e. The van der Waals surface area contributed by atoms with Crippen LogP contribution in [0.4, 0.5) is 5.82 Å². The Hall–Kier alpha value is -2.69. The van der Waals surface area contributed by atoms with Crippen LogP contribution in [-0.4, -0.2) is 66.0 Å².